The molecule has 0 N–H and O–H groups in total. The molecule has 0 fully saturated rings. The van der Waals surface area contributed by atoms with Gasteiger partial charge in [-0.1, -0.05) is 6.07 Å². The molecule has 0 bridgehead atoms. The van der Waals surface area contributed by atoms with E-state index in [1.807, 2.05) is 0 Å². The molecule has 0 aliphatic heterocycles. The van der Waals surface area contributed by atoms with Crippen molar-refractivity contribution in [1.29, 1.82) is 0 Å². The first kappa shape index (κ1) is 14.8. The van der Waals surface area contributed by atoms with E-state index in [0.29, 0.717) is 6.07 Å². The van der Waals surface area contributed by atoms with Gasteiger partial charge in [-0.15, -0.1) is 0 Å². The van der Waals surface area contributed by atoms with Crippen molar-refractivity contribution in [2.24, 2.45) is 0 Å². The van der Waals surface area contributed by atoms with Crippen LogP contribution in [0.5, 0.6) is 5.75 Å². The molecule has 1 aromatic rings. The van der Waals surface area contributed by atoms with Gasteiger partial charge in [0.05, 0.1) is 11.1 Å². The lowest BCUT2D eigenvalue weighted by molar-refractivity contribution is -0.144. The van der Waals surface area contributed by atoms with Crippen LogP contribution in [0.4, 0.5) is 26.3 Å². The number of benzene rings is 1. The Bertz CT molecular complexity index is 435. The third kappa shape index (κ3) is 3.35. The van der Waals surface area contributed by atoms with Crippen LogP contribution >= 0.6 is 0 Å². The monoisotopic (exact) mass is 293 g/mol. The minimum atomic E-state index is -5.17. The fourth-order valence-electron chi connectivity index (χ4n) is 1.14. The second-order valence-corrected chi connectivity index (χ2v) is 3.54. The Kier molecular flexibility index (Phi) is 3.91. The number of alkyl halides is 6. The second-order valence-electron chi connectivity index (χ2n) is 2.97. The number of para-hydroxylation sites is 1. The van der Waals surface area contributed by atoms with Crippen LogP contribution in [-0.4, -0.2) is 8.76 Å². The highest BCUT2D eigenvalue weighted by molar-refractivity contribution is 7.74. The normalized spacial score (nSPS) is 14.4. The average molecular weight is 293 g/mol. The first-order valence-electron chi connectivity index (χ1n) is 4.08. The van der Waals surface area contributed by atoms with Crippen molar-refractivity contribution in [3.63, 3.8) is 0 Å². The predicted molar refractivity (Wildman–Crippen MR) is 46.0 cm³/mol. The summed E-state index contributed by atoms with van der Waals surface area (Å²) >= 11 is -3.56. The molecule has 1 atom stereocenters. The van der Waals surface area contributed by atoms with E-state index in [2.05, 4.69) is 4.18 Å². The molecule has 0 aromatic heterocycles. The predicted octanol–water partition coefficient (Wildman–Crippen LogP) is 2.90. The fraction of sp³-hybridized carbons (Fsp3) is 0.250. The summed E-state index contributed by atoms with van der Waals surface area (Å²) < 4.78 is 98.5. The van der Waals surface area contributed by atoms with Crippen molar-refractivity contribution in [1.82, 2.24) is 0 Å². The maximum absolute atomic E-state index is 12.4. The zero-order chi connectivity index (χ0) is 14.1. The van der Waals surface area contributed by atoms with Gasteiger partial charge in [-0.05, 0) is 12.1 Å². The second kappa shape index (κ2) is 4.76. The van der Waals surface area contributed by atoms with Crippen molar-refractivity contribution < 1.29 is 39.3 Å². The Balaban J connectivity index is 3.50. The van der Waals surface area contributed by atoms with Crippen molar-refractivity contribution in [3.05, 3.63) is 29.3 Å². The molecule has 0 aliphatic rings. The van der Waals surface area contributed by atoms with Gasteiger partial charge in [-0.3, -0.25) is 0 Å². The van der Waals surface area contributed by atoms with E-state index in [-0.39, 0.29) is 12.1 Å². The molecule has 102 valence electrons. The summed E-state index contributed by atoms with van der Waals surface area (Å²) in [7, 11) is 0. The van der Waals surface area contributed by atoms with E-state index in [0.717, 1.165) is 0 Å². The zero-order valence-electron chi connectivity index (χ0n) is 8.13. The van der Waals surface area contributed by atoms with Gasteiger partial charge in [0.1, 0.15) is 11.4 Å². The van der Waals surface area contributed by atoms with Crippen LogP contribution in [0, 0.1) is 0 Å². The average Bonchev–Trinajstić information content (AvgIpc) is 2.13. The molecule has 10 heteroatoms. The van der Waals surface area contributed by atoms with Gasteiger partial charge in [0.25, 0.3) is 0 Å². The molecule has 0 amide bonds. The molecule has 0 saturated carbocycles. The van der Waals surface area contributed by atoms with Crippen LogP contribution in [0.3, 0.4) is 0 Å². The summed E-state index contributed by atoms with van der Waals surface area (Å²) in [5.74, 6) is -1.79. The van der Waals surface area contributed by atoms with E-state index in [9.17, 15) is 35.1 Å². The first-order valence-corrected chi connectivity index (χ1v) is 5.08. The number of hydrogen-bond donors (Lipinski definition) is 0. The van der Waals surface area contributed by atoms with Gasteiger partial charge in [0.2, 0.25) is 0 Å². The largest absolute Gasteiger partial charge is 0.740 e. The Hall–Kier alpha value is -1.29. The van der Waals surface area contributed by atoms with Gasteiger partial charge in [-0.25, -0.2) is 4.21 Å². The fourth-order valence-corrected chi connectivity index (χ4v) is 1.46. The van der Waals surface area contributed by atoms with E-state index < -0.39 is 40.6 Å². The van der Waals surface area contributed by atoms with Gasteiger partial charge in [0, 0.05) is 0 Å². The molecule has 1 unspecified atom stereocenters. The van der Waals surface area contributed by atoms with Crippen LogP contribution in [0.15, 0.2) is 18.2 Å². The van der Waals surface area contributed by atoms with E-state index >= 15 is 0 Å². The van der Waals surface area contributed by atoms with Crippen molar-refractivity contribution in [2.45, 2.75) is 12.4 Å². The van der Waals surface area contributed by atoms with Gasteiger partial charge >= 0.3 is 12.4 Å². The lowest BCUT2D eigenvalue weighted by Gasteiger charge is -2.18. The minimum absolute atomic E-state index is 0.289. The molecule has 1 rings (SSSR count). The Morgan fingerprint density at radius 1 is 1.00 bits per heavy atom. The highest BCUT2D eigenvalue weighted by atomic mass is 32.2. The summed E-state index contributed by atoms with van der Waals surface area (Å²) in [5.41, 5.74) is -3.64. The third-order valence-corrected chi connectivity index (χ3v) is 2.08. The summed E-state index contributed by atoms with van der Waals surface area (Å²) in [4.78, 5) is 0. The molecule has 0 radical (unpaired) electrons. The summed E-state index contributed by atoms with van der Waals surface area (Å²) in [6.07, 6.45) is -10.3. The molecular weight excluding hydrogens is 290 g/mol. The summed E-state index contributed by atoms with van der Waals surface area (Å²) in [5, 5.41) is 0. The molecule has 3 nitrogen and oxygen atoms in total. The maximum atomic E-state index is 12.4. The molecular formula is C8H3F6O3S-. The molecule has 0 heterocycles. The molecule has 18 heavy (non-hydrogen) atoms. The van der Waals surface area contributed by atoms with Crippen molar-refractivity contribution in [2.75, 3.05) is 0 Å². The Labute approximate surface area is 98.9 Å². The van der Waals surface area contributed by atoms with E-state index in [1.165, 1.54) is 0 Å². The topological polar surface area (TPSA) is 49.4 Å². The molecule has 1 aromatic carbocycles. The Morgan fingerprint density at radius 2 is 1.39 bits per heavy atom. The summed E-state index contributed by atoms with van der Waals surface area (Å²) in [6, 6.07) is 1.08. The van der Waals surface area contributed by atoms with Gasteiger partial charge in [0.15, 0.2) is 5.75 Å². The van der Waals surface area contributed by atoms with E-state index in [4.69, 9.17) is 0 Å². The molecule has 0 saturated heterocycles. The first-order chi connectivity index (χ1) is 8.03. The lowest BCUT2D eigenvalue weighted by atomic mass is 10.1. The number of hydrogen-bond acceptors (Lipinski definition) is 3. The quantitative estimate of drug-likeness (QED) is 0.622. The van der Waals surface area contributed by atoms with Crippen molar-refractivity contribution in [3.8, 4) is 5.75 Å². The number of rotatable bonds is 2. The van der Waals surface area contributed by atoms with Gasteiger partial charge < -0.3 is 8.74 Å². The van der Waals surface area contributed by atoms with Crippen LogP contribution in [0.2, 0.25) is 0 Å². The maximum Gasteiger partial charge on any atom is 0.420 e. The zero-order valence-corrected chi connectivity index (χ0v) is 8.95. The smallest absolute Gasteiger partial charge is 0.420 e. The van der Waals surface area contributed by atoms with Crippen molar-refractivity contribution >= 4 is 11.4 Å². The lowest BCUT2D eigenvalue weighted by Crippen LogP contribution is -2.15. The van der Waals surface area contributed by atoms with Crippen LogP contribution in [0.1, 0.15) is 11.1 Å². The van der Waals surface area contributed by atoms with E-state index in [1.54, 1.807) is 0 Å². The standard InChI is InChI=1S/C8H4F6O3S/c9-7(10,11)4-2-1-3-5(8(12,13)14)6(4)17-18(15)16/h1-3H,(H,15,16)/p-1. The minimum Gasteiger partial charge on any atom is -0.740 e. The van der Waals surface area contributed by atoms with Gasteiger partial charge in [-0.2, -0.15) is 26.3 Å². The Morgan fingerprint density at radius 3 is 1.67 bits per heavy atom. The highest BCUT2D eigenvalue weighted by Gasteiger charge is 2.42. The highest BCUT2D eigenvalue weighted by Crippen LogP contribution is 2.44. The van der Waals surface area contributed by atoms with Crippen LogP contribution in [0.25, 0.3) is 0 Å². The number of halogens is 6. The SMILES string of the molecule is O=S([O-])Oc1c(C(F)(F)F)cccc1C(F)(F)F. The summed E-state index contributed by atoms with van der Waals surface area (Å²) in [6.45, 7) is 0. The third-order valence-electron chi connectivity index (χ3n) is 1.78. The molecule has 0 aliphatic carbocycles. The van der Waals surface area contributed by atoms with Crippen LogP contribution < -0.4 is 4.18 Å². The molecule has 0 spiro atoms. The van der Waals surface area contributed by atoms with Crippen LogP contribution in [-0.2, 0) is 23.7 Å².